The van der Waals surface area contributed by atoms with Crippen LogP contribution in [0.15, 0.2) is 200 Å². The number of rotatable bonds is 9. The summed E-state index contributed by atoms with van der Waals surface area (Å²) in [4.78, 5) is 10.5. The second kappa shape index (κ2) is 19.5. The van der Waals surface area contributed by atoms with Crippen LogP contribution in [0.5, 0.6) is 5.75 Å². The number of hydrogen-bond acceptors (Lipinski definition) is 3. The zero-order chi connectivity index (χ0) is 51.4. The number of aryl methyl sites for hydroxylation is 1. The van der Waals surface area contributed by atoms with E-state index in [1.54, 1.807) is 18.3 Å². The first-order valence-corrected chi connectivity index (χ1v) is 24.9. The van der Waals surface area contributed by atoms with Crippen LogP contribution in [0.2, 0.25) is 0 Å². The summed E-state index contributed by atoms with van der Waals surface area (Å²) in [6.45, 7) is 9.31. The molecule has 0 radical (unpaired) electrons. The van der Waals surface area contributed by atoms with Gasteiger partial charge in [-0.1, -0.05) is 203 Å². The minimum atomic E-state index is -2.18. The largest absolute Gasteiger partial charge is 0.507 e. The number of benzene rings is 8. The number of aromatic hydroxyl groups is 1. The maximum absolute atomic E-state index is 12.7. The van der Waals surface area contributed by atoms with Crippen LogP contribution in [0.4, 0.5) is 0 Å². The maximum Gasteiger partial charge on any atom is 0.148 e. The van der Waals surface area contributed by atoms with Crippen LogP contribution in [0.1, 0.15) is 86.7 Å². The number of aromatic nitrogens is 3. The molecule has 1 aliphatic carbocycles. The first-order valence-electron chi connectivity index (χ1n) is 26.4. The molecule has 4 nitrogen and oxygen atoms in total. The average Bonchev–Trinajstić information content (AvgIpc) is 3.82. The van der Waals surface area contributed by atoms with Gasteiger partial charge in [-0.2, -0.15) is 0 Å². The molecule has 1 fully saturated rings. The van der Waals surface area contributed by atoms with Crippen molar-refractivity contribution in [3.8, 4) is 78.6 Å². The third-order valence-corrected chi connectivity index (χ3v) is 15.3. The molecule has 2 heterocycles. The molecular weight excluding hydrogens is 1060 g/mol. The Morgan fingerprint density at radius 3 is 1.82 bits per heavy atom. The van der Waals surface area contributed by atoms with Crippen molar-refractivity contribution in [1.82, 2.24) is 14.5 Å². The predicted octanol–water partition coefficient (Wildman–Crippen LogP) is 17.3. The monoisotopic (exact) mass is 1120 g/mol. The van der Waals surface area contributed by atoms with E-state index >= 15 is 0 Å². The molecule has 1 N–H and O–H groups in total. The number of phenols is 1. The van der Waals surface area contributed by atoms with Crippen LogP contribution in [-0.4, -0.2) is 19.6 Å². The smallest absolute Gasteiger partial charge is 0.148 e. The van der Waals surface area contributed by atoms with Crippen LogP contribution in [0.25, 0.3) is 83.9 Å². The molecule has 0 saturated heterocycles. The summed E-state index contributed by atoms with van der Waals surface area (Å²) in [5.41, 5.74) is 16.4. The molecule has 10 aromatic rings. The minimum absolute atomic E-state index is 0. The molecule has 8 aromatic carbocycles. The van der Waals surface area contributed by atoms with Gasteiger partial charge in [-0.05, 0) is 118 Å². The van der Waals surface area contributed by atoms with E-state index in [1.165, 1.54) is 11.1 Å². The van der Waals surface area contributed by atoms with Gasteiger partial charge in [-0.15, -0.1) is 29.3 Å². The van der Waals surface area contributed by atoms with Crippen LogP contribution in [0.3, 0.4) is 0 Å². The topological polar surface area (TPSA) is 50.9 Å². The fourth-order valence-corrected chi connectivity index (χ4v) is 10.8. The summed E-state index contributed by atoms with van der Waals surface area (Å²) in [6, 6.07) is 70.2. The molecule has 0 unspecified atom stereocenters. The van der Waals surface area contributed by atoms with Gasteiger partial charge in [0.25, 0.3) is 0 Å². The van der Waals surface area contributed by atoms with E-state index in [2.05, 4.69) is 154 Å². The van der Waals surface area contributed by atoms with E-state index in [9.17, 15) is 5.11 Å². The van der Waals surface area contributed by atoms with Crippen LogP contribution in [0, 0.1) is 12.9 Å². The molecule has 0 aliphatic heterocycles. The van der Waals surface area contributed by atoms with Crippen molar-refractivity contribution in [2.75, 3.05) is 0 Å². The second-order valence-corrected chi connectivity index (χ2v) is 21.0. The summed E-state index contributed by atoms with van der Waals surface area (Å²) in [6.07, 6.45) is 6.23. The zero-order valence-corrected chi connectivity index (χ0v) is 43.8. The molecule has 1 saturated carbocycles. The Hall–Kier alpha value is -7.13. The number of fused-ring (bicyclic) bond motifs is 1. The zero-order valence-electron chi connectivity index (χ0n) is 44.5. The van der Waals surface area contributed by atoms with Gasteiger partial charge in [0.15, 0.2) is 0 Å². The normalized spacial score (nSPS) is 17.7. The van der Waals surface area contributed by atoms with E-state index in [0.717, 1.165) is 104 Å². The van der Waals surface area contributed by atoms with Crippen molar-refractivity contribution in [1.29, 1.82) is 0 Å². The van der Waals surface area contributed by atoms with Crippen LogP contribution < -0.4 is 0 Å². The second-order valence-electron chi connectivity index (χ2n) is 21.0. The Morgan fingerprint density at radius 2 is 1.14 bits per heavy atom. The summed E-state index contributed by atoms with van der Waals surface area (Å²) >= 11 is 0. The molecule has 2 aromatic heterocycles. The van der Waals surface area contributed by atoms with Gasteiger partial charge in [-0.25, -0.2) is 4.98 Å². The molecule has 11 rings (SSSR count). The predicted molar refractivity (Wildman–Crippen MR) is 295 cm³/mol. The summed E-state index contributed by atoms with van der Waals surface area (Å²) in [7, 11) is 0. The van der Waals surface area contributed by atoms with Crippen molar-refractivity contribution in [2.45, 2.75) is 83.4 Å². The molecule has 5 heteroatoms. The van der Waals surface area contributed by atoms with E-state index < -0.39 is 6.85 Å². The Morgan fingerprint density at radius 1 is 0.556 bits per heavy atom. The molecule has 0 bridgehead atoms. The first kappa shape index (κ1) is 44.8. The molecule has 360 valence electrons. The number of imidazole rings is 1. The first-order chi connectivity index (χ1) is 35.6. The van der Waals surface area contributed by atoms with E-state index in [1.807, 2.05) is 72.8 Å². The maximum atomic E-state index is 12.7. The molecule has 0 amide bonds. The summed E-state index contributed by atoms with van der Waals surface area (Å²) in [5, 5.41) is 12.7. The van der Waals surface area contributed by atoms with Gasteiger partial charge < -0.3 is 5.11 Å². The molecule has 0 atom stereocenters. The number of para-hydroxylation sites is 2. The minimum Gasteiger partial charge on any atom is -0.507 e. The Bertz CT molecular complexity index is 3660. The van der Waals surface area contributed by atoms with Crippen molar-refractivity contribution >= 4 is 11.0 Å². The van der Waals surface area contributed by atoms with E-state index in [0.29, 0.717) is 17.0 Å². The van der Waals surface area contributed by atoms with Gasteiger partial charge in [0.1, 0.15) is 11.6 Å². The third kappa shape index (κ3) is 9.18. The van der Waals surface area contributed by atoms with Gasteiger partial charge in [-0.3, -0.25) is 9.55 Å². The fourth-order valence-electron chi connectivity index (χ4n) is 10.8. The van der Waals surface area contributed by atoms with E-state index in [4.69, 9.17) is 14.1 Å². The Kier molecular flexibility index (Phi) is 12.1. The van der Waals surface area contributed by atoms with Gasteiger partial charge >= 0.3 is 0 Å². The molecule has 1 aliphatic rings. The van der Waals surface area contributed by atoms with Crippen molar-refractivity contribution in [2.24, 2.45) is 0 Å². The van der Waals surface area contributed by atoms with Gasteiger partial charge in [0.05, 0.1) is 16.6 Å². The number of pyridine rings is 1. The summed E-state index contributed by atoms with van der Waals surface area (Å²) < 4.78 is 25.8. The molecular formula is C67H60N3OPt-. The number of phenolic OH excluding ortho intramolecular Hbond substituents is 1. The standard InChI is InChI=1S/C67H60N3O.Pt/c1-45-27-29-46(30-28-45)48-35-40-68-60(44-48)50-41-49(42-53(43-50)65(2,3)4)56-23-16-26-61-62(56)69-64(59-25-15-24-58(63(59)71)57-22-14-13-21-55(57)47-17-9-7-10-18-47)70(61)54-33-31-52(32-34-54)67(6)38-36-66(5,37-39-67)51-19-11-8-12-20-51;/h7-35,40,42-44,71H,36-39H2,1-6H3;/q-1;/i1D3;. The van der Waals surface area contributed by atoms with Crippen molar-refractivity contribution < 1.29 is 30.3 Å². The van der Waals surface area contributed by atoms with Gasteiger partial charge in [0, 0.05) is 48.3 Å². The third-order valence-electron chi connectivity index (χ3n) is 15.3. The van der Waals surface area contributed by atoms with E-state index in [-0.39, 0.29) is 43.1 Å². The Labute approximate surface area is 444 Å². The van der Waals surface area contributed by atoms with Gasteiger partial charge in [0.2, 0.25) is 0 Å². The van der Waals surface area contributed by atoms with Crippen LogP contribution >= 0.6 is 0 Å². The Balaban J connectivity index is 0.00000641. The van der Waals surface area contributed by atoms with Crippen molar-refractivity contribution in [3.05, 3.63) is 229 Å². The fraction of sp³-hybridized carbons (Fsp3) is 0.194. The molecule has 0 spiro atoms. The number of nitrogens with zero attached hydrogens (tertiary/aromatic N) is 3. The van der Waals surface area contributed by atoms with Crippen LogP contribution in [-0.2, 0) is 37.3 Å². The number of hydrogen-bond donors (Lipinski definition) is 1. The SMILES string of the molecule is [2H]C([2H])([2H])c1ccc(-c2ccnc(-c3[c-]c(-c4cccc5c4nc(-c4cccc(-c6ccccc6-c6ccccc6)c4O)n5-c4ccc(C5(C)CCC(C)(c6ccccc6)CC5)cc4)cc(C(C)(C)C)c3)c2)cc1.[Pt]. The summed E-state index contributed by atoms with van der Waals surface area (Å²) in [5.74, 6) is 0.787. The average molecular weight is 1120 g/mol. The molecule has 72 heavy (non-hydrogen) atoms. The quantitative estimate of drug-likeness (QED) is 0.147. The van der Waals surface area contributed by atoms with Crippen molar-refractivity contribution in [3.63, 3.8) is 0 Å².